The molecule has 0 unspecified atom stereocenters. The molecule has 25 heavy (non-hydrogen) atoms. The third kappa shape index (κ3) is 4.28. The van der Waals surface area contributed by atoms with Gasteiger partial charge in [-0.15, -0.1) is 12.4 Å². The van der Waals surface area contributed by atoms with Crippen LogP contribution in [0.4, 0.5) is 4.39 Å². The lowest BCUT2D eigenvalue weighted by Gasteiger charge is -2.25. The number of hydrogen-bond donors (Lipinski definition) is 1. The predicted octanol–water partition coefficient (Wildman–Crippen LogP) is 1.45. The van der Waals surface area contributed by atoms with Gasteiger partial charge in [-0.1, -0.05) is 0 Å². The summed E-state index contributed by atoms with van der Waals surface area (Å²) in [4.78, 5) is -0.122. The Morgan fingerprint density at radius 1 is 1.20 bits per heavy atom. The largest absolute Gasteiger partial charge is 0.496 e. The lowest BCUT2D eigenvalue weighted by molar-refractivity contribution is 0.334. The zero-order valence-corrected chi connectivity index (χ0v) is 16.2. The average molecular weight is 399 g/mol. The third-order valence-electron chi connectivity index (χ3n) is 3.99. The van der Waals surface area contributed by atoms with Gasteiger partial charge in [0.2, 0.25) is 0 Å². The third-order valence-corrected chi connectivity index (χ3v) is 5.97. The molecule has 0 aromatic heterocycles. The molecule has 0 spiro atoms. The van der Waals surface area contributed by atoms with Crippen LogP contribution >= 0.6 is 12.4 Å². The standard InChI is InChI=1S/C15H23FN2O5S.ClH/c1-17-8-11-5-10(16)9-18(11)24(19,20)15-13(22-3)6-12(21-2)7-14(15)23-4;/h6-7,10-11,17H,5,8-9H2,1-4H3;1H/t10-,11-;/m0./s1. The summed E-state index contributed by atoms with van der Waals surface area (Å²) in [5, 5.41) is 2.90. The maximum atomic E-state index is 13.9. The molecule has 0 aliphatic carbocycles. The molecular weight excluding hydrogens is 375 g/mol. The van der Waals surface area contributed by atoms with Crippen LogP contribution in [0, 0.1) is 0 Å². The van der Waals surface area contributed by atoms with Gasteiger partial charge >= 0.3 is 0 Å². The van der Waals surface area contributed by atoms with E-state index in [1.54, 1.807) is 7.05 Å². The van der Waals surface area contributed by atoms with Crippen LogP contribution in [0.25, 0.3) is 0 Å². The van der Waals surface area contributed by atoms with Crippen molar-refractivity contribution >= 4 is 22.4 Å². The second-order valence-electron chi connectivity index (χ2n) is 5.48. The lowest BCUT2D eigenvalue weighted by Crippen LogP contribution is -2.41. The Morgan fingerprint density at radius 2 is 1.76 bits per heavy atom. The molecule has 1 fully saturated rings. The molecule has 1 N–H and O–H groups in total. The van der Waals surface area contributed by atoms with Gasteiger partial charge in [0.25, 0.3) is 10.0 Å². The van der Waals surface area contributed by atoms with Gasteiger partial charge in [0.1, 0.15) is 23.4 Å². The fraction of sp³-hybridized carbons (Fsp3) is 0.600. The molecule has 2 atom stereocenters. The Bertz CT molecular complexity index is 663. The fourth-order valence-electron chi connectivity index (χ4n) is 2.89. The highest BCUT2D eigenvalue weighted by Gasteiger charge is 2.42. The highest BCUT2D eigenvalue weighted by molar-refractivity contribution is 7.89. The molecule has 7 nitrogen and oxygen atoms in total. The van der Waals surface area contributed by atoms with Crippen LogP contribution in [0.5, 0.6) is 17.2 Å². The van der Waals surface area contributed by atoms with E-state index < -0.39 is 22.2 Å². The van der Waals surface area contributed by atoms with Crippen LogP contribution in [0.15, 0.2) is 17.0 Å². The summed E-state index contributed by atoms with van der Waals surface area (Å²) >= 11 is 0. The van der Waals surface area contributed by atoms with Gasteiger partial charge in [-0.25, -0.2) is 12.8 Å². The van der Waals surface area contributed by atoms with Crippen molar-refractivity contribution in [2.45, 2.75) is 23.5 Å². The van der Waals surface area contributed by atoms with Crippen molar-refractivity contribution in [3.63, 3.8) is 0 Å². The van der Waals surface area contributed by atoms with Gasteiger partial charge in [0.15, 0.2) is 4.90 Å². The van der Waals surface area contributed by atoms with Crippen LogP contribution < -0.4 is 19.5 Å². The Hall–Kier alpha value is -1.29. The molecule has 1 aliphatic rings. The number of rotatable bonds is 7. The van der Waals surface area contributed by atoms with E-state index in [1.165, 1.54) is 37.8 Å². The molecule has 2 rings (SSSR count). The number of sulfonamides is 1. The molecule has 10 heteroatoms. The van der Waals surface area contributed by atoms with E-state index in [-0.39, 0.29) is 41.8 Å². The number of likely N-dealkylation sites (N-methyl/N-ethyl adjacent to an activating group) is 1. The van der Waals surface area contributed by atoms with Gasteiger partial charge < -0.3 is 19.5 Å². The topological polar surface area (TPSA) is 77.1 Å². The minimum absolute atomic E-state index is 0. The van der Waals surface area contributed by atoms with Crippen molar-refractivity contribution in [1.29, 1.82) is 0 Å². The summed E-state index contributed by atoms with van der Waals surface area (Å²) in [5.41, 5.74) is 0. The van der Waals surface area contributed by atoms with Gasteiger partial charge in [-0.05, 0) is 13.5 Å². The maximum Gasteiger partial charge on any atom is 0.250 e. The number of alkyl halides is 1. The molecule has 1 aromatic rings. The van der Waals surface area contributed by atoms with E-state index in [1.807, 2.05) is 0 Å². The Kier molecular flexibility index (Phi) is 7.73. The first-order chi connectivity index (χ1) is 11.4. The quantitative estimate of drug-likeness (QED) is 0.749. The first-order valence-corrected chi connectivity index (χ1v) is 8.93. The number of methoxy groups -OCH3 is 3. The maximum absolute atomic E-state index is 13.9. The number of nitrogens with zero attached hydrogens (tertiary/aromatic N) is 1. The molecule has 0 saturated carbocycles. The number of ether oxygens (including phenoxy) is 3. The summed E-state index contributed by atoms with van der Waals surface area (Å²) in [6, 6.07) is 2.46. The molecule has 0 amide bonds. The molecule has 1 saturated heterocycles. The zero-order valence-electron chi connectivity index (χ0n) is 14.6. The number of halogens is 2. The van der Waals surface area contributed by atoms with Crippen LogP contribution in [-0.4, -0.2) is 66.4 Å². The molecule has 0 bridgehead atoms. The smallest absolute Gasteiger partial charge is 0.250 e. The highest BCUT2D eigenvalue weighted by atomic mass is 35.5. The van der Waals surface area contributed by atoms with Crippen molar-refractivity contribution in [3.05, 3.63) is 12.1 Å². The summed E-state index contributed by atoms with van der Waals surface area (Å²) in [7, 11) is 1.87. The zero-order chi connectivity index (χ0) is 17.9. The second kappa shape index (κ2) is 8.88. The molecule has 1 aliphatic heterocycles. The van der Waals surface area contributed by atoms with Gasteiger partial charge in [0.05, 0.1) is 21.3 Å². The van der Waals surface area contributed by atoms with E-state index in [0.29, 0.717) is 12.3 Å². The van der Waals surface area contributed by atoms with Gasteiger partial charge in [-0.2, -0.15) is 4.31 Å². The Balaban J connectivity index is 0.00000312. The van der Waals surface area contributed by atoms with Crippen LogP contribution in [-0.2, 0) is 10.0 Å². The predicted molar refractivity (Wildman–Crippen MR) is 94.5 cm³/mol. The van der Waals surface area contributed by atoms with Gasteiger partial charge in [-0.3, -0.25) is 0 Å². The van der Waals surface area contributed by atoms with Crippen molar-refractivity contribution in [2.24, 2.45) is 0 Å². The van der Waals surface area contributed by atoms with E-state index in [4.69, 9.17) is 14.2 Å². The van der Waals surface area contributed by atoms with Crippen molar-refractivity contribution in [3.8, 4) is 17.2 Å². The average Bonchev–Trinajstić information content (AvgIpc) is 2.95. The Labute approximate surface area is 153 Å². The van der Waals surface area contributed by atoms with Crippen LogP contribution in [0.2, 0.25) is 0 Å². The van der Waals surface area contributed by atoms with Crippen molar-refractivity contribution < 1.29 is 27.0 Å². The van der Waals surface area contributed by atoms with E-state index in [9.17, 15) is 12.8 Å². The summed E-state index contributed by atoms with van der Waals surface area (Å²) in [6.07, 6.45) is -1.05. The minimum atomic E-state index is -4.01. The van der Waals surface area contributed by atoms with Crippen LogP contribution in [0.3, 0.4) is 0 Å². The van der Waals surface area contributed by atoms with Crippen molar-refractivity contribution in [1.82, 2.24) is 9.62 Å². The monoisotopic (exact) mass is 398 g/mol. The SMILES string of the molecule is CNC[C@@H]1C[C@H](F)CN1S(=O)(=O)c1c(OC)cc(OC)cc1OC.Cl. The molecular formula is C15H24ClFN2O5S. The van der Waals surface area contributed by atoms with Gasteiger partial charge in [0, 0.05) is 31.3 Å². The van der Waals surface area contributed by atoms with Crippen molar-refractivity contribution in [2.75, 3.05) is 41.5 Å². The highest BCUT2D eigenvalue weighted by Crippen LogP contribution is 2.41. The first-order valence-electron chi connectivity index (χ1n) is 7.49. The normalized spacial score (nSPS) is 20.8. The fourth-order valence-corrected chi connectivity index (χ4v) is 4.83. The number of hydrogen-bond acceptors (Lipinski definition) is 6. The molecule has 1 aromatic carbocycles. The summed E-state index contributed by atoms with van der Waals surface area (Å²) in [5.74, 6) is 0.590. The molecule has 1 heterocycles. The second-order valence-corrected chi connectivity index (χ2v) is 7.31. The van der Waals surface area contributed by atoms with E-state index in [0.717, 1.165) is 0 Å². The molecule has 144 valence electrons. The first kappa shape index (κ1) is 21.8. The van der Waals surface area contributed by atoms with E-state index in [2.05, 4.69) is 5.32 Å². The molecule has 0 radical (unpaired) electrons. The minimum Gasteiger partial charge on any atom is -0.496 e. The summed E-state index contributed by atoms with van der Waals surface area (Å²) in [6.45, 7) is 0.174. The number of benzene rings is 1. The number of nitrogens with one attached hydrogen (secondary N) is 1. The van der Waals surface area contributed by atoms with E-state index >= 15 is 0 Å². The van der Waals surface area contributed by atoms with Crippen LogP contribution in [0.1, 0.15) is 6.42 Å². The lowest BCUT2D eigenvalue weighted by atomic mass is 10.2. The Morgan fingerprint density at radius 3 is 2.20 bits per heavy atom. The summed E-state index contributed by atoms with van der Waals surface area (Å²) < 4.78 is 56.9.